The van der Waals surface area contributed by atoms with Crippen molar-refractivity contribution in [1.82, 2.24) is 19.9 Å². The summed E-state index contributed by atoms with van der Waals surface area (Å²) in [5.74, 6) is 3.04. The maximum atomic E-state index is 5.74. The Bertz CT molecular complexity index is 1110. The standard InChI is InChI=1S/C25H29N5O/c1-2-4-19-15(3-1)7-8-22(30-10-17-12-31-13-18(17)11-30)23(19)29-25-20-9-21(16-5-6-16)28-24(20)26-14-27-25/h1-4,9,14,16-18,22-23H,5-8,10-13H2,(H2,26,27,28,29)/t17-,18?,22+,23+/m0/s1. The van der Waals surface area contributed by atoms with Crippen LogP contribution in [0.3, 0.4) is 0 Å². The number of benzene rings is 1. The summed E-state index contributed by atoms with van der Waals surface area (Å²) in [6.07, 6.45) is 6.59. The Kier molecular flexibility index (Phi) is 4.12. The molecule has 2 aliphatic carbocycles. The molecular formula is C25H29N5O. The topological polar surface area (TPSA) is 66.1 Å². The summed E-state index contributed by atoms with van der Waals surface area (Å²) < 4.78 is 5.74. The average Bonchev–Trinajstić information content (AvgIpc) is 3.20. The molecule has 7 rings (SSSR count). The summed E-state index contributed by atoms with van der Waals surface area (Å²) in [5, 5.41) is 5.02. The molecule has 2 saturated heterocycles. The molecule has 4 atom stereocenters. The zero-order valence-electron chi connectivity index (χ0n) is 17.8. The molecular weight excluding hydrogens is 386 g/mol. The van der Waals surface area contributed by atoms with Crippen LogP contribution in [0.5, 0.6) is 0 Å². The summed E-state index contributed by atoms with van der Waals surface area (Å²) in [6, 6.07) is 11.9. The van der Waals surface area contributed by atoms with Crippen molar-refractivity contribution >= 4 is 16.9 Å². The van der Waals surface area contributed by atoms with E-state index in [2.05, 4.69) is 50.5 Å². The molecule has 0 radical (unpaired) electrons. The Morgan fingerprint density at radius 1 is 1.03 bits per heavy atom. The maximum absolute atomic E-state index is 5.74. The van der Waals surface area contributed by atoms with E-state index in [0.29, 0.717) is 23.8 Å². The lowest BCUT2D eigenvalue weighted by Crippen LogP contribution is -2.44. The van der Waals surface area contributed by atoms with Crippen LogP contribution in [0.2, 0.25) is 0 Å². The first-order chi connectivity index (χ1) is 15.3. The van der Waals surface area contributed by atoms with Crippen molar-refractivity contribution in [2.45, 2.75) is 43.7 Å². The molecule has 2 N–H and O–H groups in total. The Hall–Kier alpha value is -2.44. The lowest BCUT2D eigenvalue weighted by molar-refractivity contribution is 0.127. The molecule has 1 saturated carbocycles. The van der Waals surface area contributed by atoms with Crippen molar-refractivity contribution in [3.05, 3.63) is 53.5 Å². The highest BCUT2D eigenvalue weighted by Crippen LogP contribution is 2.43. The normalized spacial score (nSPS) is 30.5. The van der Waals surface area contributed by atoms with E-state index < -0.39 is 0 Å². The van der Waals surface area contributed by atoms with Crippen LogP contribution in [0.25, 0.3) is 11.0 Å². The number of nitrogens with zero attached hydrogens (tertiary/aromatic N) is 3. The molecule has 4 heterocycles. The fourth-order valence-electron chi connectivity index (χ4n) is 6.14. The maximum Gasteiger partial charge on any atom is 0.143 e. The number of aromatic amines is 1. The summed E-state index contributed by atoms with van der Waals surface area (Å²) in [7, 11) is 0. The number of ether oxygens (including phenoxy) is 1. The molecule has 3 fully saturated rings. The van der Waals surface area contributed by atoms with Crippen molar-refractivity contribution in [3.63, 3.8) is 0 Å². The number of likely N-dealkylation sites (tertiary alicyclic amines) is 1. The molecule has 2 aliphatic heterocycles. The highest BCUT2D eigenvalue weighted by atomic mass is 16.5. The fraction of sp³-hybridized carbons (Fsp3) is 0.520. The highest BCUT2D eigenvalue weighted by molar-refractivity contribution is 5.88. The smallest absolute Gasteiger partial charge is 0.143 e. The number of fused-ring (bicyclic) bond motifs is 3. The molecule has 1 unspecified atom stereocenters. The minimum atomic E-state index is 0.238. The molecule has 0 amide bonds. The minimum Gasteiger partial charge on any atom is -0.381 e. The molecule has 31 heavy (non-hydrogen) atoms. The van der Waals surface area contributed by atoms with Gasteiger partial charge in [-0.25, -0.2) is 9.97 Å². The van der Waals surface area contributed by atoms with Crippen molar-refractivity contribution in [2.75, 3.05) is 31.6 Å². The summed E-state index contributed by atoms with van der Waals surface area (Å²) in [6.45, 7) is 4.18. The van der Waals surface area contributed by atoms with Crippen LogP contribution in [0.1, 0.15) is 48.0 Å². The van der Waals surface area contributed by atoms with Crippen LogP contribution in [-0.2, 0) is 11.2 Å². The third kappa shape index (κ3) is 3.07. The van der Waals surface area contributed by atoms with E-state index in [-0.39, 0.29) is 6.04 Å². The van der Waals surface area contributed by atoms with Gasteiger partial charge in [0, 0.05) is 36.7 Å². The molecule has 2 aromatic heterocycles. The van der Waals surface area contributed by atoms with Gasteiger partial charge < -0.3 is 15.0 Å². The fourth-order valence-corrected chi connectivity index (χ4v) is 6.14. The minimum absolute atomic E-state index is 0.238. The number of rotatable bonds is 4. The molecule has 1 aromatic carbocycles. The number of nitrogens with one attached hydrogen (secondary N) is 2. The molecule has 6 nitrogen and oxygen atoms in total. The van der Waals surface area contributed by atoms with Gasteiger partial charge in [-0.05, 0) is 48.8 Å². The first-order valence-corrected chi connectivity index (χ1v) is 11.8. The zero-order chi connectivity index (χ0) is 20.4. The number of hydrogen-bond donors (Lipinski definition) is 2. The lowest BCUT2D eigenvalue weighted by Gasteiger charge is -2.40. The molecule has 3 aromatic rings. The summed E-state index contributed by atoms with van der Waals surface area (Å²) in [4.78, 5) is 15.5. The third-order valence-corrected chi connectivity index (χ3v) is 7.98. The van der Waals surface area contributed by atoms with Gasteiger partial charge in [-0.15, -0.1) is 0 Å². The van der Waals surface area contributed by atoms with Crippen LogP contribution < -0.4 is 5.32 Å². The molecule has 4 aliphatic rings. The Morgan fingerprint density at radius 3 is 2.71 bits per heavy atom. The van der Waals surface area contributed by atoms with Crippen LogP contribution in [0.4, 0.5) is 5.82 Å². The largest absolute Gasteiger partial charge is 0.381 e. The molecule has 6 heteroatoms. The van der Waals surface area contributed by atoms with Gasteiger partial charge in [-0.3, -0.25) is 4.90 Å². The van der Waals surface area contributed by atoms with Gasteiger partial charge in [0.05, 0.1) is 24.6 Å². The highest BCUT2D eigenvalue weighted by Gasteiger charge is 2.43. The van der Waals surface area contributed by atoms with E-state index in [1.807, 2.05) is 0 Å². The van der Waals surface area contributed by atoms with Gasteiger partial charge in [0.25, 0.3) is 0 Å². The number of aromatic nitrogens is 3. The zero-order valence-corrected chi connectivity index (χ0v) is 17.8. The van der Waals surface area contributed by atoms with Crippen molar-refractivity contribution in [3.8, 4) is 0 Å². The Balaban J connectivity index is 1.25. The van der Waals surface area contributed by atoms with Gasteiger partial charge >= 0.3 is 0 Å². The number of aryl methyl sites for hydroxylation is 1. The second kappa shape index (κ2) is 7.04. The predicted octanol–water partition coefficient (Wildman–Crippen LogP) is 3.88. The molecule has 0 bridgehead atoms. The van der Waals surface area contributed by atoms with Crippen molar-refractivity contribution in [1.29, 1.82) is 0 Å². The monoisotopic (exact) mass is 415 g/mol. The summed E-state index contributed by atoms with van der Waals surface area (Å²) in [5.41, 5.74) is 5.16. The van der Waals surface area contributed by atoms with Crippen LogP contribution in [-0.4, -0.2) is 52.2 Å². The van der Waals surface area contributed by atoms with Gasteiger partial charge in [0.15, 0.2) is 0 Å². The Morgan fingerprint density at radius 2 is 1.87 bits per heavy atom. The second-order valence-corrected chi connectivity index (χ2v) is 9.92. The van der Waals surface area contributed by atoms with Crippen LogP contribution in [0, 0.1) is 11.8 Å². The average molecular weight is 416 g/mol. The van der Waals surface area contributed by atoms with E-state index in [0.717, 1.165) is 49.6 Å². The van der Waals surface area contributed by atoms with E-state index in [1.165, 1.54) is 36.1 Å². The van der Waals surface area contributed by atoms with Crippen molar-refractivity contribution in [2.24, 2.45) is 11.8 Å². The number of hydrogen-bond acceptors (Lipinski definition) is 5. The van der Waals surface area contributed by atoms with Gasteiger partial charge in [-0.1, -0.05) is 24.3 Å². The summed E-state index contributed by atoms with van der Waals surface area (Å²) >= 11 is 0. The van der Waals surface area contributed by atoms with E-state index in [9.17, 15) is 0 Å². The lowest BCUT2D eigenvalue weighted by atomic mass is 9.83. The van der Waals surface area contributed by atoms with Gasteiger partial charge in [-0.2, -0.15) is 0 Å². The first-order valence-electron chi connectivity index (χ1n) is 11.8. The SMILES string of the molecule is c1ccc2c(c1)CC[C@@H](N1CC3COC[C@@H]3C1)[C@@H]2Nc1ncnc2[nH]c(C3CC3)cc12. The number of H-pyrrole nitrogens is 1. The van der Waals surface area contributed by atoms with Crippen LogP contribution >= 0.6 is 0 Å². The predicted molar refractivity (Wildman–Crippen MR) is 120 cm³/mol. The second-order valence-electron chi connectivity index (χ2n) is 9.92. The molecule has 0 spiro atoms. The van der Waals surface area contributed by atoms with Crippen molar-refractivity contribution < 1.29 is 4.74 Å². The molecule has 160 valence electrons. The van der Waals surface area contributed by atoms with E-state index in [4.69, 9.17) is 9.72 Å². The Labute approximate surface area is 182 Å². The first kappa shape index (κ1) is 18.2. The van der Waals surface area contributed by atoms with Gasteiger partial charge in [0.1, 0.15) is 17.8 Å². The quantitative estimate of drug-likeness (QED) is 0.677. The van der Waals surface area contributed by atoms with Gasteiger partial charge in [0.2, 0.25) is 0 Å². The van der Waals surface area contributed by atoms with Crippen LogP contribution in [0.15, 0.2) is 36.7 Å². The van der Waals surface area contributed by atoms with E-state index in [1.54, 1.807) is 6.33 Å². The number of anilines is 1. The third-order valence-electron chi connectivity index (χ3n) is 7.98. The van der Waals surface area contributed by atoms with E-state index >= 15 is 0 Å².